The summed E-state index contributed by atoms with van der Waals surface area (Å²) >= 11 is 0. The van der Waals surface area contributed by atoms with Gasteiger partial charge < -0.3 is 30.5 Å². The van der Waals surface area contributed by atoms with Crippen LogP contribution >= 0.6 is 0 Å². The molecule has 4 N–H and O–H groups in total. The predicted molar refractivity (Wildman–Crippen MR) is 99.2 cm³/mol. The maximum atomic E-state index is 12.0. The maximum Gasteiger partial charge on any atom is 0.315 e. The summed E-state index contributed by atoms with van der Waals surface area (Å²) in [6.07, 6.45) is 4.28. The minimum atomic E-state index is -0.803. The summed E-state index contributed by atoms with van der Waals surface area (Å²) in [4.78, 5) is 23.9. The van der Waals surface area contributed by atoms with E-state index < -0.39 is 18.3 Å². The van der Waals surface area contributed by atoms with E-state index in [-0.39, 0.29) is 49.2 Å². The molecule has 5 atom stereocenters. The molecule has 8 nitrogen and oxygen atoms in total. The summed E-state index contributed by atoms with van der Waals surface area (Å²) in [6.45, 7) is 4.07. The second-order valence-electron chi connectivity index (χ2n) is 8.28. The van der Waals surface area contributed by atoms with E-state index >= 15 is 0 Å². The fourth-order valence-corrected chi connectivity index (χ4v) is 4.27. The number of ether oxygens (including phenoxy) is 2. The van der Waals surface area contributed by atoms with Gasteiger partial charge in [0, 0.05) is 25.0 Å². The molecule has 0 aromatic rings. The van der Waals surface area contributed by atoms with E-state index in [0.717, 1.165) is 25.7 Å². The van der Waals surface area contributed by atoms with Gasteiger partial charge in [-0.2, -0.15) is 0 Å². The van der Waals surface area contributed by atoms with Gasteiger partial charge in [-0.25, -0.2) is 4.79 Å². The average molecular weight is 383 g/mol. The average Bonchev–Trinajstić information content (AvgIpc) is 3.12. The molecule has 3 fully saturated rings. The number of carbonyl (C=O) groups excluding carboxylic acids is 2. The van der Waals surface area contributed by atoms with Crippen molar-refractivity contribution < 1.29 is 24.2 Å². The fourth-order valence-electron chi connectivity index (χ4n) is 4.27. The van der Waals surface area contributed by atoms with Crippen LogP contribution in [-0.4, -0.2) is 66.2 Å². The van der Waals surface area contributed by atoms with Crippen LogP contribution in [0, 0.1) is 0 Å². The molecule has 154 valence electrons. The first-order valence-corrected chi connectivity index (χ1v) is 10.2. The van der Waals surface area contributed by atoms with Gasteiger partial charge in [-0.1, -0.05) is 19.3 Å². The Hall–Kier alpha value is -1.38. The first-order valence-electron chi connectivity index (χ1n) is 10.2. The lowest BCUT2D eigenvalue weighted by Gasteiger charge is -2.24. The SMILES string of the molecule is CC(C)NC(=O)C[C@@H]1C[C@H]2O[C@H](CNC(=O)NC3CCCCC3)[C@@H](O)[C@H]2O1. The third kappa shape index (κ3) is 5.56. The number of urea groups is 1. The largest absolute Gasteiger partial charge is 0.388 e. The first-order chi connectivity index (χ1) is 12.9. The van der Waals surface area contributed by atoms with Crippen molar-refractivity contribution in [2.75, 3.05) is 6.54 Å². The molecular weight excluding hydrogens is 350 g/mol. The summed E-state index contributed by atoms with van der Waals surface area (Å²) in [6, 6.07) is 0.128. The van der Waals surface area contributed by atoms with Crippen molar-refractivity contribution in [3.8, 4) is 0 Å². The van der Waals surface area contributed by atoms with Crippen molar-refractivity contribution in [3.05, 3.63) is 0 Å². The zero-order valence-corrected chi connectivity index (χ0v) is 16.3. The lowest BCUT2D eigenvalue weighted by Crippen LogP contribution is -2.47. The van der Waals surface area contributed by atoms with Crippen LogP contribution in [0.3, 0.4) is 0 Å². The molecule has 3 aliphatic rings. The molecule has 0 spiro atoms. The molecule has 1 aliphatic carbocycles. The quantitative estimate of drug-likeness (QED) is 0.543. The highest BCUT2D eigenvalue weighted by Crippen LogP contribution is 2.35. The maximum absolute atomic E-state index is 12.0. The first kappa shape index (κ1) is 20.4. The van der Waals surface area contributed by atoms with Crippen molar-refractivity contribution in [3.63, 3.8) is 0 Å². The second-order valence-corrected chi connectivity index (χ2v) is 8.28. The number of fused-ring (bicyclic) bond motifs is 1. The molecule has 0 aromatic heterocycles. The van der Waals surface area contributed by atoms with Crippen LogP contribution in [-0.2, 0) is 14.3 Å². The predicted octanol–water partition coefficient (Wildman–Crippen LogP) is 0.819. The van der Waals surface area contributed by atoms with Crippen LogP contribution in [0.4, 0.5) is 4.79 Å². The van der Waals surface area contributed by atoms with E-state index in [1.165, 1.54) is 6.42 Å². The lowest BCUT2D eigenvalue weighted by atomic mass is 9.96. The van der Waals surface area contributed by atoms with Gasteiger partial charge in [0.1, 0.15) is 18.3 Å². The van der Waals surface area contributed by atoms with Crippen molar-refractivity contribution in [2.24, 2.45) is 0 Å². The molecule has 2 aliphatic heterocycles. The molecule has 0 aromatic carbocycles. The topological polar surface area (TPSA) is 109 Å². The molecule has 2 saturated heterocycles. The summed E-state index contributed by atoms with van der Waals surface area (Å²) < 4.78 is 11.7. The van der Waals surface area contributed by atoms with Crippen LogP contribution in [0.5, 0.6) is 0 Å². The molecule has 0 radical (unpaired) electrons. The Morgan fingerprint density at radius 3 is 2.56 bits per heavy atom. The Kier molecular flexibility index (Phi) is 6.94. The van der Waals surface area contributed by atoms with Gasteiger partial charge in [0.15, 0.2) is 0 Å². The summed E-state index contributed by atoms with van der Waals surface area (Å²) in [5, 5.41) is 19.1. The number of aliphatic hydroxyl groups excluding tert-OH is 1. The number of carbonyl (C=O) groups is 2. The minimum Gasteiger partial charge on any atom is -0.388 e. The number of rotatable bonds is 6. The monoisotopic (exact) mass is 383 g/mol. The van der Waals surface area contributed by atoms with Crippen LogP contribution in [0.15, 0.2) is 0 Å². The highest BCUT2D eigenvalue weighted by molar-refractivity contribution is 5.76. The minimum absolute atomic E-state index is 0.0536. The summed E-state index contributed by atoms with van der Waals surface area (Å²) in [5.41, 5.74) is 0. The van der Waals surface area contributed by atoms with Crippen LogP contribution in [0.1, 0.15) is 58.8 Å². The van der Waals surface area contributed by atoms with Gasteiger partial charge in [-0.15, -0.1) is 0 Å². The van der Waals surface area contributed by atoms with E-state index in [0.29, 0.717) is 6.42 Å². The molecule has 1 saturated carbocycles. The second kappa shape index (κ2) is 9.21. The number of aliphatic hydroxyl groups is 1. The molecule has 27 heavy (non-hydrogen) atoms. The van der Waals surface area contributed by atoms with E-state index in [1.807, 2.05) is 13.8 Å². The van der Waals surface area contributed by atoms with Crippen molar-refractivity contribution >= 4 is 11.9 Å². The molecular formula is C19H33N3O5. The normalized spacial score (nSPS) is 33.7. The smallest absolute Gasteiger partial charge is 0.315 e. The Morgan fingerprint density at radius 1 is 1.15 bits per heavy atom. The van der Waals surface area contributed by atoms with Gasteiger partial charge in [0.25, 0.3) is 0 Å². The van der Waals surface area contributed by atoms with Gasteiger partial charge in [-0.05, 0) is 26.7 Å². The van der Waals surface area contributed by atoms with E-state index in [9.17, 15) is 14.7 Å². The zero-order valence-electron chi connectivity index (χ0n) is 16.3. The lowest BCUT2D eigenvalue weighted by molar-refractivity contribution is -0.125. The van der Waals surface area contributed by atoms with Crippen LogP contribution in [0.25, 0.3) is 0 Å². The van der Waals surface area contributed by atoms with E-state index in [2.05, 4.69) is 16.0 Å². The number of nitrogens with one attached hydrogen (secondary N) is 3. The molecule has 8 heteroatoms. The van der Waals surface area contributed by atoms with Gasteiger partial charge in [-0.3, -0.25) is 4.79 Å². The van der Waals surface area contributed by atoms with Gasteiger partial charge in [0.2, 0.25) is 5.91 Å². The molecule has 3 rings (SSSR count). The van der Waals surface area contributed by atoms with Gasteiger partial charge in [0.05, 0.1) is 18.6 Å². The van der Waals surface area contributed by atoms with Crippen molar-refractivity contribution in [1.82, 2.24) is 16.0 Å². The highest BCUT2D eigenvalue weighted by Gasteiger charge is 2.50. The molecule has 0 bridgehead atoms. The fraction of sp³-hybridized carbons (Fsp3) is 0.895. The number of hydrogen-bond acceptors (Lipinski definition) is 5. The van der Waals surface area contributed by atoms with E-state index in [1.54, 1.807) is 0 Å². The Balaban J connectivity index is 1.38. The third-order valence-electron chi connectivity index (χ3n) is 5.55. The standard InChI is InChI=1S/C19H33N3O5/c1-11(2)21-16(23)9-13-8-14-18(26-13)17(24)15(27-14)10-20-19(25)22-12-6-4-3-5-7-12/h11-15,17-18,24H,3-10H2,1-2H3,(H,21,23)(H2,20,22,25)/t13-,14+,15+,17+,18-/m0/s1. The molecule has 3 amide bonds. The van der Waals surface area contributed by atoms with Crippen LogP contribution < -0.4 is 16.0 Å². The Bertz CT molecular complexity index is 523. The highest BCUT2D eigenvalue weighted by atomic mass is 16.6. The third-order valence-corrected chi connectivity index (χ3v) is 5.55. The van der Waals surface area contributed by atoms with E-state index in [4.69, 9.17) is 9.47 Å². The van der Waals surface area contributed by atoms with Crippen molar-refractivity contribution in [2.45, 2.75) is 101 Å². The zero-order chi connectivity index (χ0) is 19.4. The molecule has 0 unspecified atom stereocenters. The Morgan fingerprint density at radius 2 is 1.89 bits per heavy atom. The Labute approximate surface area is 160 Å². The number of amides is 3. The van der Waals surface area contributed by atoms with Crippen molar-refractivity contribution in [1.29, 1.82) is 0 Å². The van der Waals surface area contributed by atoms with Gasteiger partial charge >= 0.3 is 6.03 Å². The van der Waals surface area contributed by atoms with Crippen LogP contribution in [0.2, 0.25) is 0 Å². The molecule has 2 heterocycles. The number of hydrogen-bond donors (Lipinski definition) is 4. The summed E-state index contributed by atoms with van der Waals surface area (Å²) in [5.74, 6) is -0.0536. The summed E-state index contributed by atoms with van der Waals surface area (Å²) in [7, 11) is 0.